The number of aromatic amines is 1. The standard InChI is InChI=1S/C11H6ClFN2O3/c12-7-3-5(1-2-8(7)13)9-6(10(16)17)4-14-11(18)15-9/h1-4H,(H,16,17)(H,14,15,18). The molecule has 0 aliphatic carbocycles. The van der Waals surface area contributed by atoms with Gasteiger partial charge in [0.1, 0.15) is 11.4 Å². The summed E-state index contributed by atoms with van der Waals surface area (Å²) in [6.07, 6.45) is 0.938. The summed E-state index contributed by atoms with van der Waals surface area (Å²) in [5.41, 5.74) is -0.574. The van der Waals surface area contributed by atoms with Gasteiger partial charge in [-0.15, -0.1) is 0 Å². The third kappa shape index (κ3) is 2.23. The van der Waals surface area contributed by atoms with E-state index in [1.54, 1.807) is 0 Å². The average Bonchev–Trinajstić information content (AvgIpc) is 2.32. The van der Waals surface area contributed by atoms with Gasteiger partial charge in [0.15, 0.2) is 0 Å². The summed E-state index contributed by atoms with van der Waals surface area (Å²) < 4.78 is 13.0. The molecular formula is C11H6ClFN2O3. The number of rotatable bonds is 2. The molecule has 0 unspecified atom stereocenters. The predicted octanol–water partition coefficient (Wildman–Crippen LogP) is 1.93. The van der Waals surface area contributed by atoms with Crippen molar-refractivity contribution in [1.29, 1.82) is 0 Å². The van der Waals surface area contributed by atoms with Crippen LogP contribution < -0.4 is 5.69 Å². The Hall–Kier alpha value is -2.21. The number of aromatic carboxylic acids is 1. The Morgan fingerprint density at radius 1 is 1.44 bits per heavy atom. The number of aromatic nitrogens is 2. The van der Waals surface area contributed by atoms with E-state index in [0.717, 1.165) is 12.3 Å². The van der Waals surface area contributed by atoms with Crippen LogP contribution in [0.25, 0.3) is 11.3 Å². The van der Waals surface area contributed by atoms with Gasteiger partial charge in [-0.25, -0.2) is 19.0 Å². The molecule has 0 bridgehead atoms. The lowest BCUT2D eigenvalue weighted by atomic mass is 10.1. The van der Waals surface area contributed by atoms with Gasteiger partial charge in [0, 0.05) is 11.8 Å². The van der Waals surface area contributed by atoms with E-state index in [1.165, 1.54) is 12.1 Å². The molecule has 0 spiro atoms. The van der Waals surface area contributed by atoms with E-state index in [2.05, 4.69) is 9.97 Å². The third-order valence-corrected chi connectivity index (χ3v) is 2.54. The highest BCUT2D eigenvalue weighted by Crippen LogP contribution is 2.25. The summed E-state index contributed by atoms with van der Waals surface area (Å²) in [4.78, 5) is 27.7. The Balaban J connectivity index is 2.69. The number of hydrogen-bond donors (Lipinski definition) is 2. The molecule has 2 N–H and O–H groups in total. The summed E-state index contributed by atoms with van der Waals surface area (Å²) in [5.74, 6) is -1.89. The van der Waals surface area contributed by atoms with Crippen LogP contribution in [-0.4, -0.2) is 21.0 Å². The monoisotopic (exact) mass is 268 g/mol. The molecule has 0 saturated carbocycles. The zero-order chi connectivity index (χ0) is 13.3. The van der Waals surface area contributed by atoms with E-state index in [9.17, 15) is 14.0 Å². The molecule has 1 aromatic carbocycles. The Morgan fingerprint density at radius 2 is 2.17 bits per heavy atom. The first-order chi connectivity index (χ1) is 8.49. The van der Waals surface area contributed by atoms with Gasteiger partial charge in [0.2, 0.25) is 0 Å². The number of H-pyrrole nitrogens is 1. The summed E-state index contributed by atoms with van der Waals surface area (Å²) in [6, 6.07) is 3.63. The Morgan fingerprint density at radius 3 is 2.78 bits per heavy atom. The highest BCUT2D eigenvalue weighted by Gasteiger charge is 2.14. The lowest BCUT2D eigenvalue weighted by Crippen LogP contribution is -2.15. The molecule has 0 fully saturated rings. The lowest BCUT2D eigenvalue weighted by Gasteiger charge is -2.05. The number of nitrogens with zero attached hydrogens (tertiary/aromatic N) is 1. The molecule has 0 radical (unpaired) electrons. The fraction of sp³-hybridized carbons (Fsp3) is 0. The van der Waals surface area contributed by atoms with Crippen molar-refractivity contribution in [2.24, 2.45) is 0 Å². The van der Waals surface area contributed by atoms with Crippen molar-refractivity contribution >= 4 is 17.6 Å². The second-order valence-corrected chi connectivity index (χ2v) is 3.82. The highest BCUT2D eigenvalue weighted by atomic mass is 35.5. The predicted molar refractivity (Wildman–Crippen MR) is 62.2 cm³/mol. The fourth-order valence-corrected chi connectivity index (χ4v) is 1.62. The summed E-state index contributed by atoms with van der Waals surface area (Å²) >= 11 is 5.61. The normalized spacial score (nSPS) is 10.3. The van der Waals surface area contributed by atoms with Crippen molar-refractivity contribution in [2.45, 2.75) is 0 Å². The number of benzene rings is 1. The number of nitrogens with one attached hydrogen (secondary N) is 1. The van der Waals surface area contributed by atoms with Crippen LogP contribution >= 0.6 is 11.6 Å². The quantitative estimate of drug-likeness (QED) is 0.872. The zero-order valence-electron chi connectivity index (χ0n) is 8.78. The molecule has 18 heavy (non-hydrogen) atoms. The molecule has 0 amide bonds. The van der Waals surface area contributed by atoms with Crippen LogP contribution in [0.15, 0.2) is 29.2 Å². The van der Waals surface area contributed by atoms with Crippen LogP contribution in [0.3, 0.4) is 0 Å². The second-order valence-electron chi connectivity index (χ2n) is 3.41. The molecule has 92 valence electrons. The Kier molecular flexibility index (Phi) is 3.12. The molecule has 0 saturated heterocycles. The lowest BCUT2D eigenvalue weighted by molar-refractivity contribution is 0.0697. The first-order valence-electron chi connectivity index (χ1n) is 4.77. The SMILES string of the molecule is O=C(O)c1cnc(=O)[nH]c1-c1ccc(F)c(Cl)c1. The van der Waals surface area contributed by atoms with Gasteiger partial charge in [0.05, 0.1) is 10.7 Å². The molecule has 0 aliphatic rings. The van der Waals surface area contributed by atoms with E-state index in [1.807, 2.05) is 0 Å². The zero-order valence-corrected chi connectivity index (χ0v) is 9.53. The maximum Gasteiger partial charge on any atom is 0.345 e. The van der Waals surface area contributed by atoms with Crippen molar-refractivity contribution < 1.29 is 14.3 Å². The van der Waals surface area contributed by atoms with E-state index in [-0.39, 0.29) is 16.3 Å². The molecule has 2 aromatic rings. The van der Waals surface area contributed by atoms with Crippen LogP contribution in [0.2, 0.25) is 5.02 Å². The molecule has 1 aromatic heterocycles. The third-order valence-electron chi connectivity index (χ3n) is 2.25. The minimum absolute atomic E-state index is 0.0319. The van der Waals surface area contributed by atoms with Gasteiger partial charge in [-0.2, -0.15) is 0 Å². The maximum atomic E-state index is 13.0. The van der Waals surface area contributed by atoms with Crippen molar-refractivity contribution in [2.75, 3.05) is 0 Å². The smallest absolute Gasteiger partial charge is 0.345 e. The highest BCUT2D eigenvalue weighted by molar-refractivity contribution is 6.31. The first kappa shape index (κ1) is 12.3. The molecule has 1 heterocycles. The van der Waals surface area contributed by atoms with Crippen molar-refractivity contribution in [3.8, 4) is 11.3 Å². The minimum atomic E-state index is -1.26. The molecular weight excluding hydrogens is 263 g/mol. The Bertz CT molecular complexity index is 684. The van der Waals surface area contributed by atoms with Gasteiger partial charge in [-0.05, 0) is 18.2 Å². The van der Waals surface area contributed by atoms with Gasteiger partial charge in [-0.3, -0.25) is 0 Å². The van der Waals surface area contributed by atoms with Crippen LogP contribution in [0.4, 0.5) is 4.39 Å². The van der Waals surface area contributed by atoms with Crippen LogP contribution in [0, 0.1) is 5.82 Å². The van der Waals surface area contributed by atoms with E-state index < -0.39 is 17.5 Å². The van der Waals surface area contributed by atoms with Crippen molar-refractivity contribution in [1.82, 2.24) is 9.97 Å². The number of carboxylic acid groups (broad SMARTS) is 1. The van der Waals surface area contributed by atoms with Crippen molar-refractivity contribution in [3.63, 3.8) is 0 Å². The minimum Gasteiger partial charge on any atom is -0.478 e. The molecule has 0 aliphatic heterocycles. The molecule has 7 heteroatoms. The molecule has 0 atom stereocenters. The van der Waals surface area contributed by atoms with Crippen molar-refractivity contribution in [3.05, 3.63) is 51.3 Å². The van der Waals surface area contributed by atoms with Crippen LogP contribution in [0.5, 0.6) is 0 Å². The van der Waals surface area contributed by atoms with Gasteiger partial charge < -0.3 is 10.1 Å². The van der Waals surface area contributed by atoms with Crippen LogP contribution in [0.1, 0.15) is 10.4 Å². The molecule has 2 rings (SSSR count). The van der Waals surface area contributed by atoms with E-state index in [0.29, 0.717) is 5.56 Å². The van der Waals surface area contributed by atoms with Gasteiger partial charge in [-0.1, -0.05) is 11.6 Å². The maximum absolute atomic E-state index is 13.0. The first-order valence-corrected chi connectivity index (χ1v) is 5.15. The number of halogens is 2. The molecule has 5 nitrogen and oxygen atoms in total. The fourth-order valence-electron chi connectivity index (χ4n) is 1.44. The summed E-state index contributed by atoms with van der Waals surface area (Å²) in [7, 11) is 0. The van der Waals surface area contributed by atoms with Gasteiger partial charge in [0.25, 0.3) is 0 Å². The Labute approximate surface area is 105 Å². The second kappa shape index (κ2) is 4.58. The number of carbonyl (C=O) groups is 1. The average molecular weight is 269 g/mol. The number of hydrogen-bond acceptors (Lipinski definition) is 3. The largest absolute Gasteiger partial charge is 0.478 e. The summed E-state index contributed by atoms with van der Waals surface area (Å²) in [6.45, 7) is 0. The van der Waals surface area contributed by atoms with Gasteiger partial charge >= 0.3 is 11.7 Å². The topological polar surface area (TPSA) is 83.0 Å². The van der Waals surface area contributed by atoms with E-state index >= 15 is 0 Å². The summed E-state index contributed by atoms with van der Waals surface area (Å²) in [5, 5.41) is 8.81. The van der Waals surface area contributed by atoms with E-state index in [4.69, 9.17) is 16.7 Å². The van der Waals surface area contributed by atoms with Crippen LogP contribution in [-0.2, 0) is 0 Å². The number of carboxylic acids is 1.